The molecule has 1 fully saturated rings. The molecule has 0 radical (unpaired) electrons. The van der Waals surface area contributed by atoms with E-state index < -0.39 is 11.4 Å². The van der Waals surface area contributed by atoms with E-state index in [-0.39, 0.29) is 36.1 Å². The number of carbonyl (C=O) groups is 2. The molecule has 2 rings (SSSR count). The minimum absolute atomic E-state index is 0.0488. The standard InChI is InChI=1S/C17H23NO5/c1-4-6-12(18-23-9-5-2)14-13(19)10-17(16(21)22-3)8-7-11(17)15(14)20/h5,11,20H,2,4,6-10H2,1,3H3. The summed E-state index contributed by atoms with van der Waals surface area (Å²) >= 11 is 0. The number of Topliss-reactive ketones (excluding diaryl/α,β-unsaturated/α-hetero) is 1. The zero-order valence-electron chi connectivity index (χ0n) is 13.6. The molecule has 1 N–H and O–H groups in total. The predicted octanol–water partition coefficient (Wildman–Crippen LogP) is 2.70. The second-order valence-corrected chi connectivity index (χ2v) is 5.97. The first-order valence-corrected chi connectivity index (χ1v) is 7.86. The third-order valence-corrected chi connectivity index (χ3v) is 4.62. The monoisotopic (exact) mass is 321 g/mol. The van der Waals surface area contributed by atoms with Crippen LogP contribution in [0.4, 0.5) is 0 Å². The highest BCUT2D eigenvalue weighted by Gasteiger charge is 2.60. The van der Waals surface area contributed by atoms with Gasteiger partial charge in [-0.25, -0.2) is 0 Å². The maximum Gasteiger partial charge on any atom is 0.313 e. The fourth-order valence-corrected chi connectivity index (χ4v) is 3.39. The zero-order valence-corrected chi connectivity index (χ0v) is 13.6. The van der Waals surface area contributed by atoms with Crippen molar-refractivity contribution < 1.29 is 24.3 Å². The largest absolute Gasteiger partial charge is 0.511 e. The van der Waals surface area contributed by atoms with Crippen LogP contribution in [0.5, 0.6) is 0 Å². The first-order chi connectivity index (χ1) is 11.0. The van der Waals surface area contributed by atoms with Gasteiger partial charge in [0.1, 0.15) is 12.4 Å². The summed E-state index contributed by atoms with van der Waals surface area (Å²) in [4.78, 5) is 29.8. The van der Waals surface area contributed by atoms with Crippen LogP contribution in [0.15, 0.2) is 29.1 Å². The lowest BCUT2D eigenvalue weighted by Crippen LogP contribution is -2.53. The number of fused-ring (bicyclic) bond motifs is 1. The molecule has 23 heavy (non-hydrogen) atoms. The van der Waals surface area contributed by atoms with Crippen molar-refractivity contribution in [2.24, 2.45) is 16.5 Å². The highest BCUT2D eigenvalue weighted by atomic mass is 16.6. The molecule has 126 valence electrons. The molecule has 2 atom stereocenters. The summed E-state index contributed by atoms with van der Waals surface area (Å²) in [5.41, 5.74) is -0.263. The van der Waals surface area contributed by atoms with Crippen LogP contribution in [-0.4, -0.2) is 36.3 Å². The van der Waals surface area contributed by atoms with E-state index in [1.54, 1.807) is 6.08 Å². The molecule has 0 aromatic rings. The first kappa shape index (κ1) is 17.2. The molecule has 0 heterocycles. The fraction of sp³-hybridized carbons (Fsp3) is 0.588. The van der Waals surface area contributed by atoms with Crippen molar-refractivity contribution in [3.8, 4) is 0 Å². The van der Waals surface area contributed by atoms with Gasteiger partial charge in [-0.3, -0.25) is 9.59 Å². The van der Waals surface area contributed by atoms with Crippen LogP contribution in [0.1, 0.15) is 39.0 Å². The van der Waals surface area contributed by atoms with Gasteiger partial charge in [-0.1, -0.05) is 31.2 Å². The summed E-state index contributed by atoms with van der Waals surface area (Å²) in [6.45, 7) is 5.72. The molecule has 2 aliphatic rings. The number of rotatable bonds is 7. The third kappa shape index (κ3) is 2.90. The first-order valence-electron chi connectivity index (χ1n) is 7.86. The summed E-state index contributed by atoms with van der Waals surface area (Å²) in [6.07, 6.45) is 4.09. The van der Waals surface area contributed by atoms with Gasteiger partial charge in [0, 0.05) is 12.3 Å². The van der Waals surface area contributed by atoms with E-state index >= 15 is 0 Å². The van der Waals surface area contributed by atoms with E-state index in [1.165, 1.54) is 7.11 Å². The quantitative estimate of drug-likeness (QED) is 0.256. The Hall–Kier alpha value is -2.11. The minimum Gasteiger partial charge on any atom is -0.511 e. The number of oxime groups is 1. The number of aliphatic hydroxyl groups is 1. The summed E-state index contributed by atoms with van der Waals surface area (Å²) < 4.78 is 4.84. The second-order valence-electron chi connectivity index (χ2n) is 5.97. The van der Waals surface area contributed by atoms with E-state index in [9.17, 15) is 14.7 Å². The molecule has 6 heteroatoms. The van der Waals surface area contributed by atoms with Crippen molar-refractivity contribution in [1.82, 2.24) is 0 Å². The average Bonchev–Trinajstić information content (AvgIpc) is 2.50. The molecular weight excluding hydrogens is 298 g/mol. The Morgan fingerprint density at radius 1 is 1.57 bits per heavy atom. The Morgan fingerprint density at radius 3 is 2.83 bits per heavy atom. The van der Waals surface area contributed by atoms with E-state index in [4.69, 9.17) is 9.57 Å². The molecule has 2 unspecified atom stereocenters. The highest BCUT2D eigenvalue weighted by molar-refractivity contribution is 6.24. The number of aliphatic hydroxyl groups excluding tert-OH is 1. The van der Waals surface area contributed by atoms with Crippen LogP contribution in [0, 0.1) is 11.3 Å². The molecular formula is C17H23NO5. The molecule has 1 saturated carbocycles. The van der Waals surface area contributed by atoms with Crippen molar-refractivity contribution in [3.05, 3.63) is 24.0 Å². The Balaban J connectivity index is 2.37. The molecule has 2 aliphatic carbocycles. The average molecular weight is 321 g/mol. The maximum atomic E-state index is 12.6. The minimum atomic E-state index is -0.904. The summed E-state index contributed by atoms with van der Waals surface area (Å²) in [6, 6.07) is 0. The number of esters is 1. The Kier molecular flexibility index (Phi) is 5.23. The molecule has 0 aromatic heterocycles. The van der Waals surface area contributed by atoms with Gasteiger partial charge in [0.25, 0.3) is 0 Å². The molecule has 6 nitrogen and oxygen atoms in total. The number of hydrogen-bond acceptors (Lipinski definition) is 6. The van der Waals surface area contributed by atoms with Crippen LogP contribution in [0.2, 0.25) is 0 Å². The number of methoxy groups -OCH3 is 1. The van der Waals surface area contributed by atoms with Gasteiger partial charge < -0.3 is 14.7 Å². The van der Waals surface area contributed by atoms with Crippen molar-refractivity contribution in [2.75, 3.05) is 13.7 Å². The molecule has 0 bridgehead atoms. The predicted molar refractivity (Wildman–Crippen MR) is 84.9 cm³/mol. The highest BCUT2D eigenvalue weighted by Crippen LogP contribution is 2.56. The van der Waals surface area contributed by atoms with Gasteiger partial charge in [0.15, 0.2) is 5.78 Å². The third-order valence-electron chi connectivity index (χ3n) is 4.62. The van der Waals surface area contributed by atoms with Crippen molar-refractivity contribution in [1.29, 1.82) is 0 Å². The van der Waals surface area contributed by atoms with Gasteiger partial charge >= 0.3 is 5.97 Å². The number of carbonyl (C=O) groups excluding carboxylic acids is 2. The number of ether oxygens (including phenoxy) is 1. The van der Waals surface area contributed by atoms with Crippen LogP contribution in [-0.2, 0) is 19.2 Å². The summed E-state index contributed by atoms with van der Waals surface area (Å²) in [5.74, 6) is -1.13. The lowest BCUT2D eigenvalue weighted by Gasteiger charge is -2.49. The van der Waals surface area contributed by atoms with Crippen LogP contribution >= 0.6 is 0 Å². The van der Waals surface area contributed by atoms with Gasteiger partial charge in [-0.05, 0) is 19.3 Å². The number of hydrogen-bond donors (Lipinski definition) is 1. The summed E-state index contributed by atoms with van der Waals surface area (Å²) in [5, 5.41) is 14.6. The van der Waals surface area contributed by atoms with E-state index in [1.807, 2.05) is 6.92 Å². The number of nitrogens with zero attached hydrogens (tertiary/aromatic N) is 1. The van der Waals surface area contributed by atoms with Crippen molar-refractivity contribution in [2.45, 2.75) is 39.0 Å². The van der Waals surface area contributed by atoms with Crippen LogP contribution < -0.4 is 0 Å². The van der Waals surface area contributed by atoms with E-state index in [0.717, 1.165) is 6.42 Å². The van der Waals surface area contributed by atoms with E-state index in [0.29, 0.717) is 25.0 Å². The van der Waals surface area contributed by atoms with Gasteiger partial charge in [0.2, 0.25) is 0 Å². The lowest BCUT2D eigenvalue weighted by atomic mass is 9.53. The smallest absolute Gasteiger partial charge is 0.313 e. The Bertz CT molecular complexity index is 578. The second kappa shape index (κ2) is 6.98. The maximum absolute atomic E-state index is 12.6. The van der Waals surface area contributed by atoms with Gasteiger partial charge in [0.05, 0.1) is 23.8 Å². The van der Waals surface area contributed by atoms with Crippen molar-refractivity contribution >= 4 is 17.5 Å². The number of ketones is 1. The SMILES string of the molecule is C=CCON=C(CCC)C1=C(O)C2CCC2(C(=O)OC)CC1=O. The Labute approximate surface area is 135 Å². The molecule has 0 aliphatic heterocycles. The van der Waals surface area contributed by atoms with Gasteiger partial charge in [-0.2, -0.15) is 0 Å². The zero-order chi connectivity index (χ0) is 17.0. The number of allylic oxidation sites excluding steroid dienone is 2. The van der Waals surface area contributed by atoms with E-state index in [2.05, 4.69) is 11.7 Å². The van der Waals surface area contributed by atoms with Crippen LogP contribution in [0.25, 0.3) is 0 Å². The fourth-order valence-electron chi connectivity index (χ4n) is 3.39. The van der Waals surface area contributed by atoms with Crippen molar-refractivity contribution in [3.63, 3.8) is 0 Å². The lowest BCUT2D eigenvalue weighted by molar-refractivity contribution is -0.168. The van der Waals surface area contributed by atoms with Gasteiger partial charge in [-0.15, -0.1) is 0 Å². The molecule has 0 spiro atoms. The molecule has 0 saturated heterocycles. The topological polar surface area (TPSA) is 85.2 Å². The van der Waals surface area contributed by atoms with Crippen LogP contribution in [0.3, 0.4) is 0 Å². The molecule has 0 aromatic carbocycles. The Morgan fingerprint density at radius 2 is 2.30 bits per heavy atom. The normalized spacial score (nSPS) is 27.1. The summed E-state index contributed by atoms with van der Waals surface area (Å²) in [7, 11) is 1.31. The molecule has 0 amide bonds.